The van der Waals surface area contributed by atoms with Crippen LogP contribution in [0.2, 0.25) is 0 Å². The van der Waals surface area contributed by atoms with Crippen molar-refractivity contribution >= 4 is 0 Å². The van der Waals surface area contributed by atoms with Crippen LogP contribution in [0.15, 0.2) is 24.3 Å². The van der Waals surface area contributed by atoms with E-state index < -0.39 is 0 Å². The lowest BCUT2D eigenvalue weighted by molar-refractivity contribution is 1.44. The van der Waals surface area contributed by atoms with Crippen LogP contribution in [0.1, 0.15) is 11.1 Å². The van der Waals surface area contributed by atoms with Gasteiger partial charge in [-0.15, -0.1) is 11.6 Å². The lowest BCUT2D eigenvalue weighted by Crippen LogP contribution is -1.71. The summed E-state index contributed by atoms with van der Waals surface area (Å²) in [5.41, 5.74) is 2.36. The molecule has 1 aromatic carbocycles. The molecule has 0 saturated carbocycles. The number of hydrogen-bond acceptors (Lipinski definition) is 0. The van der Waals surface area contributed by atoms with Gasteiger partial charge in [-0.25, -0.2) is 0 Å². The number of hydrogen-bond donors (Lipinski definition) is 0. The number of aryl methyl sites for hydroxylation is 1. The molecule has 0 aromatic heterocycles. The summed E-state index contributed by atoms with van der Waals surface area (Å²) in [6.45, 7) is 5.85. The molecule has 0 radical (unpaired) electrons. The van der Waals surface area contributed by atoms with Crippen molar-refractivity contribution in [3.63, 3.8) is 0 Å². The Morgan fingerprint density at radius 1 is 1.38 bits per heavy atom. The molecule has 8 heavy (non-hydrogen) atoms. The first-order valence-electron chi connectivity index (χ1n) is 2.67. The summed E-state index contributed by atoms with van der Waals surface area (Å²) in [4.78, 5) is 0. The largest absolute Gasteiger partial charge is 0.199 e. The number of benzene rings is 1. The summed E-state index contributed by atoms with van der Waals surface area (Å²) in [6.07, 6.45) is 0. The fourth-order valence-corrected chi connectivity index (χ4v) is 0.712. The highest BCUT2D eigenvalue weighted by Crippen LogP contribution is 2.00. The fourth-order valence-electron chi connectivity index (χ4n) is 0.712. The van der Waals surface area contributed by atoms with Crippen LogP contribution in [0, 0.1) is 13.8 Å². The molecule has 42 valence electrons. The zero-order valence-corrected chi connectivity index (χ0v) is 5.02. The van der Waals surface area contributed by atoms with E-state index in [1.54, 1.807) is 0 Å². The second kappa shape index (κ2) is 1.91. The molecule has 0 unspecified atom stereocenters. The van der Waals surface area contributed by atoms with Gasteiger partial charge in [0, 0.05) is 0 Å². The van der Waals surface area contributed by atoms with Gasteiger partial charge in [0.1, 0.15) is 0 Å². The molecule has 1 aromatic rings. The van der Waals surface area contributed by atoms with Crippen LogP contribution in [0.25, 0.3) is 0 Å². The molecule has 1 rings (SSSR count). The first kappa shape index (κ1) is 5.23. The van der Waals surface area contributed by atoms with Gasteiger partial charge in [-0.05, 0) is 0 Å². The van der Waals surface area contributed by atoms with Crippen LogP contribution in [-0.4, -0.2) is 0 Å². The van der Waals surface area contributed by atoms with Crippen molar-refractivity contribution in [2.45, 2.75) is 6.92 Å². The standard InChI is InChI=1S/C8H9/c1-7-4-3-5-8(2)6-7/h3-6H,1H2,2H3/q-1. The normalized spacial score (nSPS) is 9.12. The quantitative estimate of drug-likeness (QED) is 0.443. The van der Waals surface area contributed by atoms with Crippen molar-refractivity contribution in [2.24, 2.45) is 0 Å². The van der Waals surface area contributed by atoms with Crippen LogP contribution in [0.4, 0.5) is 0 Å². The van der Waals surface area contributed by atoms with Gasteiger partial charge in [0.25, 0.3) is 0 Å². The van der Waals surface area contributed by atoms with E-state index >= 15 is 0 Å². The van der Waals surface area contributed by atoms with Gasteiger partial charge in [0.15, 0.2) is 0 Å². The first-order valence-corrected chi connectivity index (χ1v) is 2.67. The van der Waals surface area contributed by atoms with Gasteiger partial charge in [-0.3, -0.25) is 0 Å². The Labute approximate surface area is 50.2 Å². The summed E-state index contributed by atoms with van der Waals surface area (Å²) >= 11 is 0. The van der Waals surface area contributed by atoms with Gasteiger partial charge < -0.3 is 0 Å². The predicted octanol–water partition coefficient (Wildman–Crippen LogP) is 2.18. The smallest absolute Gasteiger partial charge is 0.0514 e. The molecule has 0 spiro atoms. The minimum absolute atomic E-state index is 1.09. The monoisotopic (exact) mass is 105 g/mol. The maximum Gasteiger partial charge on any atom is -0.0514 e. The molecule has 0 heterocycles. The molecular formula is C8H9-. The summed E-state index contributed by atoms with van der Waals surface area (Å²) in [5, 5.41) is 0. The molecule has 0 aliphatic carbocycles. The van der Waals surface area contributed by atoms with Crippen LogP contribution in [0.3, 0.4) is 0 Å². The molecule has 0 saturated heterocycles. The van der Waals surface area contributed by atoms with E-state index in [4.69, 9.17) is 0 Å². The second-order valence-corrected chi connectivity index (χ2v) is 1.99. The van der Waals surface area contributed by atoms with E-state index in [9.17, 15) is 0 Å². The van der Waals surface area contributed by atoms with Crippen molar-refractivity contribution in [3.05, 3.63) is 42.3 Å². The van der Waals surface area contributed by atoms with E-state index in [1.807, 2.05) is 12.1 Å². The highest BCUT2D eigenvalue weighted by Gasteiger charge is 1.72. The fraction of sp³-hybridized carbons (Fsp3) is 0.125. The van der Waals surface area contributed by atoms with Crippen molar-refractivity contribution in [1.82, 2.24) is 0 Å². The summed E-state index contributed by atoms with van der Waals surface area (Å²) in [6, 6.07) is 8.12. The highest BCUT2D eigenvalue weighted by molar-refractivity contribution is 5.23. The Balaban J connectivity index is 3.08. The van der Waals surface area contributed by atoms with E-state index in [1.165, 1.54) is 5.56 Å². The van der Waals surface area contributed by atoms with Gasteiger partial charge in [-0.1, -0.05) is 13.0 Å². The SMILES string of the molecule is [CH2-]c1cccc(C)c1. The van der Waals surface area contributed by atoms with Gasteiger partial charge in [0.2, 0.25) is 0 Å². The van der Waals surface area contributed by atoms with Gasteiger partial charge >= 0.3 is 0 Å². The van der Waals surface area contributed by atoms with Crippen LogP contribution < -0.4 is 0 Å². The lowest BCUT2D eigenvalue weighted by Gasteiger charge is -1.99. The third-order valence-corrected chi connectivity index (χ3v) is 1.08. The Bertz CT molecular complexity index is 160. The van der Waals surface area contributed by atoms with E-state index in [0.717, 1.165) is 5.56 Å². The summed E-state index contributed by atoms with van der Waals surface area (Å²) in [7, 11) is 0. The van der Waals surface area contributed by atoms with Crippen molar-refractivity contribution in [1.29, 1.82) is 0 Å². The van der Waals surface area contributed by atoms with Crippen LogP contribution in [0.5, 0.6) is 0 Å². The maximum absolute atomic E-state index is 3.78. The molecule has 0 atom stereocenters. The molecule has 0 aliphatic heterocycles. The molecule has 0 nitrogen and oxygen atoms in total. The zero-order valence-electron chi connectivity index (χ0n) is 5.02. The molecule has 0 bridgehead atoms. The third-order valence-electron chi connectivity index (χ3n) is 1.08. The third kappa shape index (κ3) is 1.03. The van der Waals surface area contributed by atoms with Gasteiger partial charge in [0.05, 0.1) is 0 Å². The summed E-state index contributed by atoms with van der Waals surface area (Å²) in [5.74, 6) is 0. The first-order chi connectivity index (χ1) is 3.79. The molecule has 0 N–H and O–H groups in total. The topological polar surface area (TPSA) is 0 Å². The lowest BCUT2D eigenvalue weighted by atomic mass is 10.2. The van der Waals surface area contributed by atoms with Gasteiger partial charge in [-0.2, -0.15) is 24.6 Å². The van der Waals surface area contributed by atoms with Crippen LogP contribution >= 0.6 is 0 Å². The Kier molecular flexibility index (Phi) is 1.25. The van der Waals surface area contributed by atoms with Crippen molar-refractivity contribution in [3.8, 4) is 0 Å². The molecule has 0 fully saturated rings. The number of rotatable bonds is 0. The average Bonchev–Trinajstić information content (AvgIpc) is 1.64. The van der Waals surface area contributed by atoms with Crippen molar-refractivity contribution in [2.75, 3.05) is 0 Å². The van der Waals surface area contributed by atoms with E-state index in [0.29, 0.717) is 0 Å². The molecule has 0 heteroatoms. The van der Waals surface area contributed by atoms with Crippen molar-refractivity contribution < 1.29 is 0 Å². The second-order valence-electron chi connectivity index (χ2n) is 1.99. The zero-order chi connectivity index (χ0) is 5.98. The highest BCUT2D eigenvalue weighted by atomic mass is 13.9. The predicted molar refractivity (Wildman–Crippen MR) is 35.6 cm³/mol. The van der Waals surface area contributed by atoms with E-state index in [2.05, 4.69) is 26.0 Å². The minimum Gasteiger partial charge on any atom is -0.199 e. The molecular weight excluding hydrogens is 96.1 g/mol. The Morgan fingerprint density at radius 3 is 2.50 bits per heavy atom. The molecule has 0 amide bonds. The summed E-state index contributed by atoms with van der Waals surface area (Å²) < 4.78 is 0. The van der Waals surface area contributed by atoms with Crippen LogP contribution in [-0.2, 0) is 0 Å². The molecule has 0 aliphatic rings. The van der Waals surface area contributed by atoms with E-state index in [-0.39, 0.29) is 0 Å². The Hall–Kier alpha value is -0.910. The minimum atomic E-state index is 1.09. The maximum atomic E-state index is 3.78. The average molecular weight is 105 g/mol. The Morgan fingerprint density at radius 2 is 2.12 bits per heavy atom.